The second-order valence-corrected chi connectivity index (χ2v) is 12.6. The van der Waals surface area contributed by atoms with E-state index in [1.165, 1.54) is 6.21 Å². The predicted octanol–water partition coefficient (Wildman–Crippen LogP) is -1.20. The fourth-order valence-corrected chi connectivity index (χ4v) is 7.99. The van der Waals surface area contributed by atoms with Gasteiger partial charge in [0.25, 0.3) is 5.56 Å². The number of nitrogens with zero attached hydrogens (tertiary/aromatic N) is 2. The van der Waals surface area contributed by atoms with Crippen LogP contribution in [0.15, 0.2) is 41.3 Å². The summed E-state index contributed by atoms with van der Waals surface area (Å²) < 4.78 is 10.8. The van der Waals surface area contributed by atoms with Crippen LogP contribution in [0.5, 0.6) is 11.5 Å². The number of nitrogens with one attached hydrogen (secondary N) is 1. The fourth-order valence-electron chi connectivity index (χ4n) is 7.02. The number of aliphatic hydroxyl groups excluding tert-OH is 2. The zero-order valence-electron chi connectivity index (χ0n) is 24.8. The number of hydrogen-bond donors (Lipinski definition) is 4. The molecule has 1 spiro atoms. The highest BCUT2D eigenvalue weighted by Crippen LogP contribution is 2.55. The van der Waals surface area contributed by atoms with Gasteiger partial charge in [-0.2, -0.15) is 0 Å². The number of H-pyrrole nitrogens is 1. The number of aromatic hydroxyl groups is 1. The first-order valence-electron chi connectivity index (χ1n) is 14.6. The second kappa shape index (κ2) is 11.3. The lowest BCUT2D eigenvalue weighted by Crippen LogP contribution is -2.51. The fraction of sp³-hybridized carbons (Fsp3) is 0.312. The smallest absolute Gasteiger partial charge is 0.260 e. The monoisotopic (exact) mass is 755 g/mol. The number of methoxy groups -OCH3 is 1. The van der Waals surface area contributed by atoms with Crippen LogP contribution in [-0.2, 0) is 21.4 Å². The van der Waals surface area contributed by atoms with Gasteiger partial charge in [0.2, 0.25) is 16.3 Å². The van der Waals surface area contributed by atoms with Crippen molar-refractivity contribution < 1.29 is 29.6 Å². The van der Waals surface area contributed by atoms with Gasteiger partial charge in [-0.25, -0.2) is 0 Å². The van der Waals surface area contributed by atoms with Gasteiger partial charge in [0, 0.05) is 40.2 Å². The van der Waals surface area contributed by atoms with E-state index in [0.717, 1.165) is 26.3 Å². The average Bonchev–Trinajstić information content (AvgIpc) is 3.57. The Labute approximate surface area is 275 Å². The van der Waals surface area contributed by atoms with Crippen molar-refractivity contribution in [3.8, 4) is 11.5 Å². The van der Waals surface area contributed by atoms with E-state index in [4.69, 9.17) is 14.3 Å². The van der Waals surface area contributed by atoms with E-state index in [2.05, 4.69) is 15.0 Å². The minimum Gasteiger partial charge on any atom is -0.510 e. The van der Waals surface area contributed by atoms with Crippen molar-refractivity contribution >= 4 is 51.1 Å². The van der Waals surface area contributed by atoms with Crippen LogP contribution in [0.25, 0.3) is 22.3 Å². The first kappa shape index (κ1) is 31.0. The van der Waals surface area contributed by atoms with Gasteiger partial charge < -0.3 is 34.6 Å². The van der Waals surface area contributed by atoms with Crippen LogP contribution in [-0.4, -0.2) is 78.0 Å². The van der Waals surface area contributed by atoms with Gasteiger partial charge in [0.15, 0.2) is 11.2 Å². The van der Waals surface area contributed by atoms with E-state index in [-0.39, 0.29) is 23.8 Å². The quantitative estimate of drug-likeness (QED) is 0.0794. The van der Waals surface area contributed by atoms with E-state index in [1.807, 2.05) is 22.6 Å². The van der Waals surface area contributed by atoms with Crippen LogP contribution >= 0.6 is 22.6 Å². The van der Waals surface area contributed by atoms with Crippen LogP contribution in [0.1, 0.15) is 23.2 Å². The summed E-state index contributed by atoms with van der Waals surface area (Å²) in [5, 5.41) is 36.4. The van der Waals surface area contributed by atoms with Crippen molar-refractivity contribution in [3.05, 3.63) is 105 Å². The van der Waals surface area contributed by atoms with Crippen LogP contribution in [0.4, 0.5) is 0 Å². The van der Waals surface area contributed by atoms with Crippen LogP contribution in [0.2, 0.25) is 0 Å². The van der Waals surface area contributed by atoms with Crippen molar-refractivity contribution in [1.29, 1.82) is 0 Å². The number of oxime groups is 1. The molecule has 1 saturated heterocycles. The topological polar surface area (TPSA) is 205 Å². The SMILES string of the molecule is COc1cc(=O)c2c(=O)c3c(c(=O)c=2c1=O)=C(O)[C@]1(CCc2c1c(O)c1c(=O)[nH]c(/C=N/OCCN4CCOCC4)cc1c2I)C=3O. The minimum atomic E-state index is -1.98. The summed E-state index contributed by atoms with van der Waals surface area (Å²) in [6.07, 6.45) is 1.41. The van der Waals surface area contributed by atoms with Gasteiger partial charge in [-0.1, -0.05) is 5.16 Å². The summed E-state index contributed by atoms with van der Waals surface area (Å²) in [6, 6.07) is 2.39. The molecule has 1 aromatic carbocycles. The molecular weight excluding hydrogens is 729 g/mol. The molecule has 1 fully saturated rings. The Morgan fingerprint density at radius 1 is 1.00 bits per heavy atom. The predicted molar refractivity (Wildman–Crippen MR) is 177 cm³/mol. The Hall–Kier alpha value is -4.61. The lowest BCUT2D eigenvalue weighted by atomic mass is 9.78. The number of hydrogen-bond acceptors (Lipinski definition) is 13. The number of benzene rings is 1. The summed E-state index contributed by atoms with van der Waals surface area (Å²) in [6.45, 7) is 3.93. The molecule has 1 atom stereocenters. The third-order valence-corrected chi connectivity index (χ3v) is 10.5. The van der Waals surface area contributed by atoms with Gasteiger partial charge in [-0.15, -0.1) is 0 Å². The Bertz CT molecular complexity index is 2530. The lowest BCUT2D eigenvalue weighted by molar-refractivity contribution is 0.0214. The molecule has 47 heavy (non-hydrogen) atoms. The molecule has 0 saturated carbocycles. The number of phenolic OH excluding ortho intramolecular Hbond substituents is 1. The van der Waals surface area contributed by atoms with Gasteiger partial charge >= 0.3 is 0 Å². The van der Waals surface area contributed by atoms with Crippen molar-refractivity contribution in [2.75, 3.05) is 46.6 Å². The van der Waals surface area contributed by atoms with Crippen molar-refractivity contribution in [2.45, 2.75) is 18.3 Å². The van der Waals surface area contributed by atoms with Crippen LogP contribution in [0, 0.1) is 14.0 Å². The lowest BCUT2D eigenvalue weighted by Gasteiger charge is -2.27. The number of phenols is 1. The molecule has 1 aromatic heterocycles. The summed E-state index contributed by atoms with van der Waals surface area (Å²) in [7, 11) is 1.12. The molecule has 0 amide bonds. The Balaban J connectivity index is 1.37. The molecule has 0 bridgehead atoms. The largest absolute Gasteiger partial charge is 0.510 e. The molecule has 242 valence electrons. The van der Waals surface area contributed by atoms with Crippen LogP contribution in [0.3, 0.4) is 0 Å². The third kappa shape index (κ3) is 4.36. The van der Waals surface area contributed by atoms with Crippen molar-refractivity contribution in [1.82, 2.24) is 9.88 Å². The second-order valence-electron chi connectivity index (χ2n) is 11.5. The summed E-state index contributed by atoms with van der Waals surface area (Å²) in [5.74, 6) is -2.53. The number of aromatic nitrogens is 1. The Morgan fingerprint density at radius 2 is 1.68 bits per heavy atom. The zero-order valence-corrected chi connectivity index (χ0v) is 26.9. The van der Waals surface area contributed by atoms with E-state index in [0.29, 0.717) is 46.6 Å². The van der Waals surface area contributed by atoms with Crippen molar-refractivity contribution in [2.24, 2.45) is 5.16 Å². The highest BCUT2D eigenvalue weighted by molar-refractivity contribution is 14.1. The highest BCUT2D eigenvalue weighted by atomic mass is 127. The molecule has 0 unspecified atom stereocenters. The molecular formula is C32H26IN3O11. The van der Waals surface area contributed by atoms with Crippen LogP contribution < -0.4 is 42.4 Å². The number of ether oxygens (including phenoxy) is 2. The summed E-state index contributed by atoms with van der Waals surface area (Å²) in [4.78, 5) is 76.8. The molecule has 0 radical (unpaired) electrons. The molecule has 7 rings (SSSR count). The standard InChI is InChI=1S/C32H26IN3O11/c1-45-17-11-16(37)19-20(25(17)38)27(40)22-21(26(19)39)29(42)32(30(22)43)3-2-14-23(32)28(41)18-15(24(14)33)10-13(35-31(18)44)12-34-47-9-6-36-4-7-46-8-5-36/h10-12,41-43H,2-9H2,1H3,(H,35,44)/b34-12+/t32-/m0/s1. The van der Waals surface area contributed by atoms with E-state index in [1.54, 1.807) is 6.07 Å². The number of morpholine rings is 1. The van der Waals surface area contributed by atoms with Gasteiger partial charge in [0.1, 0.15) is 29.3 Å². The molecule has 4 N–H and O–H groups in total. The van der Waals surface area contributed by atoms with Gasteiger partial charge in [0.05, 0.1) is 58.5 Å². The molecule has 14 nitrogen and oxygen atoms in total. The molecule has 1 aliphatic heterocycles. The van der Waals surface area contributed by atoms with E-state index < -0.39 is 76.6 Å². The van der Waals surface area contributed by atoms with Gasteiger partial charge in [-0.05, 0) is 47.1 Å². The number of rotatable bonds is 6. The molecule has 2 heterocycles. The number of halogens is 1. The normalized spacial score (nSPS) is 19.4. The maximum absolute atomic E-state index is 13.7. The minimum absolute atomic E-state index is 0.0518. The number of aromatic amines is 1. The summed E-state index contributed by atoms with van der Waals surface area (Å²) >= 11 is 2.00. The van der Waals surface area contributed by atoms with E-state index >= 15 is 0 Å². The molecule has 4 aliphatic carbocycles. The Kier molecular flexibility index (Phi) is 7.44. The van der Waals surface area contributed by atoms with Gasteiger partial charge in [-0.3, -0.25) is 28.9 Å². The first-order chi connectivity index (χ1) is 22.5. The molecule has 15 heteroatoms. The number of pyridine rings is 1. The van der Waals surface area contributed by atoms with Crippen molar-refractivity contribution in [3.63, 3.8) is 0 Å². The third-order valence-electron chi connectivity index (χ3n) is 9.25. The Morgan fingerprint density at radius 3 is 2.36 bits per heavy atom. The average molecular weight is 755 g/mol. The number of fused-ring (bicyclic) bond motifs is 4. The first-order valence-corrected chi connectivity index (χ1v) is 15.7. The molecule has 5 aliphatic rings. The number of aliphatic hydroxyl groups is 2. The molecule has 2 aromatic rings. The maximum atomic E-state index is 13.7. The zero-order chi connectivity index (χ0) is 33.4. The maximum Gasteiger partial charge on any atom is 0.260 e. The van der Waals surface area contributed by atoms with E-state index in [9.17, 15) is 39.3 Å². The summed E-state index contributed by atoms with van der Waals surface area (Å²) in [5.41, 5.74) is -6.19. The highest BCUT2D eigenvalue weighted by Gasteiger charge is 2.53.